The molecule has 198 valence electrons. The van der Waals surface area contributed by atoms with Crippen LogP contribution in [0.2, 0.25) is 0 Å². The SMILES string of the molecule is CCC(=O)COc1cc(C)c(-c2cccc(CCc3ccc4c(c3)CC3(CC3)C4CC(=O)[O-])c2C)c(C)c1.[Na+]. The van der Waals surface area contributed by atoms with Crippen LogP contribution in [0.25, 0.3) is 11.1 Å². The summed E-state index contributed by atoms with van der Waals surface area (Å²) in [4.78, 5) is 23.0. The number of hydrogen-bond donors (Lipinski definition) is 0. The van der Waals surface area contributed by atoms with Crippen LogP contribution in [-0.4, -0.2) is 18.4 Å². The van der Waals surface area contributed by atoms with E-state index in [4.69, 9.17) is 4.74 Å². The summed E-state index contributed by atoms with van der Waals surface area (Å²) in [7, 11) is 0. The van der Waals surface area contributed by atoms with E-state index < -0.39 is 5.97 Å². The van der Waals surface area contributed by atoms with Gasteiger partial charge in [-0.3, -0.25) is 4.79 Å². The fourth-order valence-electron chi connectivity index (χ4n) is 6.52. The fraction of sp³-hybridized carbons (Fsp3) is 0.412. The molecule has 39 heavy (non-hydrogen) atoms. The molecule has 0 radical (unpaired) electrons. The van der Waals surface area contributed by atoms with Gasteiger partial charge < -0.3 is 14.6 Å². The predicted molar refractivity (Wildman–Crippen MR) is 148 cm³/mol. The normalized spacial score (nSPS) is 16.5. The number of ketones is 1. The van der Waals surface area contributed by atoms with Crippen molar-refractivity contribution in [2.75, 3.05) is 6.61 Å². The van der Waals surface area contributed by atoms with Gasteiger partial charge in [-0.05, 0) is 133 Å². The Morgan fingerprint density at radius 2 is 1.72 bits per heavy atom. The molecule has 1 atom stereocenters. The second kappa shape index (κ2) is 12.0. The van der Waals surface area contributed by atoms with Crippen molar-refractivity contribution in [3.8, 4) is 16.9 Å². The molecule has 4 nitrogen and oxygen atoms in total. The van der Waals surface area contributed by atoms with Crippen molar-refractivity contribution in [1.29, 1.82) is 0 Å². The molecule has 1 saturated carbocycles. The number of aliphatic carboxylic acids is 1. The molecule has 0 bridgehead atoms. The van der Waals surface area contributed by atoms with Gasteiger partial charge in [0.25, 0.3) is 0 Å². The first-order chi connectivity index (χ1) is 18.2. The third-order valence-electron chi connectivity index (χ3n) is 8.83. The van der Waals surface area contributed by atoms with Crippen molar-refractivity contribution in [2.45, 2.75) is 78.6 Å². The Morgan fingerprint density at radius 1 is 1.00 bits per heavy atom. The molecular formula is C34H37NaO4. The van der Waals surface area contributed by atoms with Crippen LogP contribution in [0.5, 0.6) is 5.75 Å². The average molecular weight is 533 g/mol. The number of rotatable bonds is 10. The predicted octanol–water partition coefficient (Wildman–Crippen LogP) is 2.99. The second-order valence-electron chi connectivity index (χ2n) is 11.4. The van der Waals surface area contributed by atoms with Crippen LogP contribution < -0.4 is 39.4 Å². The number of fused-ring (bicyclic) bond motifs is 1. The molecule has 1 fully saturated rings. The first kappa shape index (κ1) is 29.6. The molecule has 0 saturated heterocycles. The first-order valence-electron chi connectivity index (χ1n) is 13.9. The molecule has 0 heterocycles. The van der Waals surface area contributed by atoms with Crippen molar-refractivity contribution in [2.24, 2.45) is 5.41 Å². The zero-order valence-electron chi connectivity index (χ0n) is 24.0. The molecule has 3 aromatic rings. The number of carbonyl (C=O) groups is 2. The Labute approximate surface area is 254 Å². The number of benzene rings is 3. The summed E-state index contributed by atoms with van der Waals surface area (Å²) >= 11 is 0. The van der Waals surface area contributed by atoms with Crippen LogP contribution in [0.1, 0.15) is 77.5 Å². The Bertz CT molecular complexity index is 1380. The fourth-order valence-corrected chi connectivity index (χ4v) is 6.52. The smallest absolute Gasteiger partial charge is 0.550 e. The van der Waals surface area contributed by atoms with Crippen molar-refractivity contribution < 1.29 is 49.0 Å². The number of Topliss-reactive ketones (excluding diaryl/α,β-unsaturated/α-hetero) is 1. The van der Waals surface area contributed by atoms with Crippen LogP contribution in [-0.2, 0) is 28.9 Å². The molecule has 0 aliphatic heterocycles. The van der Waals surface area contributed by atoms with E-state index in [-0.39, 0.29) is 59.7 Å². The van der Waals surface area contributed by atoms with E-state index in [2.05, 4.69) is 57.2 Å². The number of ether oxygens (including phenoxy) is 1. The maximum Gasteiger partial charge on any atom is 1.00 e. The van der Waals surface area contributed by atoms with E-state index in [1.165, 1.54) is 38.9 Å². The molecule has 5 rings (SSSR count). The van der Waals surface area contributed by atoms with E-state index in [0.717, 1.165) is 49.0 Å². The van der Waals surface area contributed by atoms with Crippen LogP contribution in [0.4, 0.5) is 0 Å². The Morgan fingerprint density at radius 3 is 2.36 bits per heavy atom. The molecule has 1 unspecified atom stereocenters. The molecule has 1 spiro atoms. The molecule has 0 N–H and O–H groups in total. The van der Waals surface area contributed by atoms with Crippen molar-refractivity contribution in [3.05, 3.63) is 87.5 Å². The summed E-state index contributed by atoms with van der Waals surface area (Å²) in [6, 6.07) is 17.3. The van der Waals surface area contributed by atoms with E-state index >= 15 is 0 Å². The Hall–Kier alpha value is -2.40. The monoisotopic (exact) mass is 532 g/mol. The molecule has 5 heteroatoms. The molecule has 0 aromatic heterocycles. The number of carboxylic acids is 1. The standard InChI is InChI=1S/C34H38O4.Na/c1-5-27(35)20-38-28-15-21(2)33(22(3)16-28)29-8-6-7-25(23(29)4)11-9-24-10-12-30-26(17-24)19-34(13-14-34)31(30)18-32(36)37;/h6-8,10,12,15-17,31H,5,9,11,13-14,18-20H2,1-4H3,(H,36,37);/q;+1/p-1. The van der Waals surface area contributed by atoms with Crippen molar-refractivity contribution >= 4 is 11.8 Å². The summed E-state index contributed by atoms with van der Waals surface area (Å²) in [5.74, 6) is 0.0187. The van der Waals surface area contributed by atoms with Gasteiger partial charge in [-0.2, -0.15) is 0 Å². The van der Waals surface area contributed by atoms with E-state index in [0.29, 0.717) is 6.42 Å². The minimum absolute atomic E-state index is 0. The topological polar surface area (TPSA) is 66.4 Å². The molecule has 0 amide bonds. The van der Waals surface area contributed by atoms with Crippen molar-refractivity contribution in [3.63, 3.8) is 0 Å². The average Bonchev–Trinajstić information content (AvgIpc) is 3.59. The van der Waals surface area contributed by atoms with Gasteiger partial charge in [-0.25, -0.2) is 0 Å². The third-order valence-corrected chi connectivity index (χ3v) is 8.83. The van der Waals surface area contributed by atoms with Gasteiger partial charge in [0.2, 0.25) is 0 Å². The van der Waals surface area contributed by atoms with Gasteiger partial charge in [0, 0.05) is 12.4 Å². The summed E-state index contributed by atoms with van der Waals surface area (Å²) in [5.41, 5.74) is 11.4. The summed E-state index contributed by atoms with van der Waals surface area (Å²) in [6.07, 6.45) is 5.79. The van der Waals surface area contributed by atoms with Crippen LogP contribution in [0.3, 0.4) is 0 Å². The van der Waals surface area contributed by atoms with Gasteiger partial charge in [-0.1, -0.05) is 43.3 Å². The van der Waals surface area contributed by atoms with Gasteiger partial charge >= 0.3 is 29.6 Å². The van der Waals surface area contributed by atoms with E-state index in [9.17, 15) is 14.7 Å². The maximum absolute atomic E-state index is 11.7. The van der Waals surface area contributed by atoms with Gasteiger partial charge in [0.15, 0.2) is 5.78 Å². The van der Waals surface area contributed by atoms with Crippen LogP contribution in [0.15, 0.2) is 48.5 Å². The summed E-state index contributed by atoms with van der Waals surface area (Å²) in [5, 5.41) is 11.4. The zero-order valence-corrected chi connectivity index (χ0v) is 26.0. The molecule has 3 aromatic carbocycles. The van der Waals surface area contributed by atoms with E-state index in [1.807, 2.05) is 19.1 Å². The maximum atomic E-state index is 11.7. The van der Waals surface area contributed by atoms with Crippen LogP contribution >= 0.6 is 0 Å². The van der Waals surface area contributed by atoms with Gasteiger partial charge in [0.05, 0.1) is 0 Å². The minimum atomic E-state index is -0.937. The second-order valence-corrected chi connectivity index (χ2v) is 11.4. The third kappa shape index (κ3) is 6.19. The van der Waals surface area contributed by atoms with E-state index in [1.54, 1.807) is 0 Å². The largest absolute Gasteiger partial charge is 1.00 e. The summed E-state index contributed by atoms with van der Waals surface area (Å²) in [6.45, 7) is 8.38. The Balaban J connectivity index is 0.00000353. The molecule has 2 aliphatic rings. The number of carbonyl (C=O) groups excluding carboxylic acids is 2. The Kier molecular flexibility index (Phi) is 9.10. The number of carboxylic acid groups (broad SMARTS) is 1. The number of hydrogen-bond acceptors (Lipinski definition) is 4. The van der Waals surface area contributed by atoms with Crippen LogP contribution in [0, 0.1) is 26.2 Å². The number of aryl methyl sites for hydroxylation is 4. The molecular weight excluding hydrogens is 495 g/mol. The zero-order chi connectivity index (χ0) is 27.0. The first-order valence-corrected chi connectivity index (χ1v) is 13.9. The van der Waals surface area contributed by atoms with Gasteiger partial charge in [0.1, 0.15) is 12.4 Å². The molecule has 2 aliphatic carbocycles. The quantitative estimate of drug-likeness (QED) is 0.377. The van der Waals surface area contributed by atoms with Crippen molar-refractivity contribution in [1.82, 2.24) is 0 Å². The minimum Gasteiger partial charge on any atom is -0.550 e. The summed E-state index contributed by atoms with van der Waals surface area (Å²) < 4.78 is 5.74. The van der Waals surface area contributed by atoms with Gasteiger partial charge in [-0.15, -0.1) is 0 Å².